The van der Waals surface area contributed by atoms with Crippen LogP contribution < -0.4 is 10.0 Å². The van der Waals surface area contributed by atoms with Gasteiger partial charge in [0.15, 0.2) is 0 Å². The SMILES string of the molecule is CCNCCc1ccc(S(=O)(=O)NCC(C)(C)SC)s1. The monoisotopic (exact) mass is 336 g/mol. The Bertz CT molecular complexity index is 509. The van der Waals surface area contributed by atoms with Gasteiger partial charge in [-0.25, -0.2) is 13.1 Å². The zero-order valence-electron chi connectivity index (χ0n) is 12.5. The molecule has 0 unspecified atom stereocenters. The maximum absolute atomic E-state index is 12.2. The Morgan fingerprint density at radius 3 is 2.65 bits per heavy atom. The van der Waals surface area contributed by atoms with Crippen LogP contribution in [0, 0.1) is 0 Å². The smallest absolute Gasteiger partial charge is 0.250 e. The van der Waals surface area contributed by atoms with Gasteiger partial charge in [0.05, 0.1) is 0 Å². The number of rotatable bonds is 9. The van der Waals surface area contributed by atoms with Crippen molar-refractivity contribution in [3.8, 4) is 0 Å². The van der Waals surface area contributed by atoms with E-state index in [4.69, 9.17) is 0 Å². The average Bonchev–Trinajstić information content (AvgIpc) is 2.87. The number of thiophene rings is 1. The number of likely N-dealkylation sites (N-methyl/N-ethyl adjacent to an activating group) is 1. The van der Waals surface area contributed by atoms with Crippen LogP contribution >= 0.6 is 23.1 Å². The van der Waals surface area contributed by atoms with Crippen LogP contribution in [0.4, 0.5) is 0 Å². The minimum Gasteiger partial charge on any atom is -0.317 e. The third kappa shape index (κ3) is 5.73. The molecule has 0 amide bonds. The Morgan fingerprint density at radius 1 is 1.35 bits per heavy atom. The Labute approximate surface area is 130 Å². The highest BCUT2D eigenvalue weighted by atomic mass is 32.2. The van der Waals surface area contributed by atoms with Crippen molar-refractivity contribution in [2.75, 3.05) is 25.9 Å². The molecule has 1 rings (SSSR count). The largest absolute Gasteiger partial charge is 0.317 e. The van der Waals surface area contributed by atoms with Gasteiger partial charge in [0.25, 0.3) is 0 Å². The summed E-state index contributed by atoms with van der Waals surface area (Å²) in [6.45, 7) is 8.35. The van der Waals surface area contributed by atoms with Crippen molar-refractivity contribution in [1.29, 1.82) is 0 Å². The zero-order valence-corrected chi connectivity index (χ0v) is 15.0. The van der Waals surface area contributed by atoms with Crippen LogP contribution in [0.1, 0.15) is 25.6 Å². The predicted octanol–water partition coefficient (Wildman–Crippen LogP) is 2.32. The van der Waals surface area contributed by atoms with E-state index < -0.39 is 10.0 Å². The highest BCUT2D eigenvalue weighted by Gasteiger charge is 2.22. The fraction of sp³-hybridized carbons (Fsp3) is 0.692. The summed E-state index contributed by atoms with van der Waals surface area (Å²) < 4.78 is 27.4. The number of hydrogen-bond acceptors (Lipinski definition) is 5. The molecule has 0 radical (unpaired) electrons. The molecule has 2 N–H and O–H groups in total. The number of sulfonamides is 1. The lowest BCUT2D eigenvalue weighted by Crippen LogP contribution is -2.35. The molecule has 0 aliphatic heterocycles. The second-order valence-electron chi connectivity index (χ2n) is 5.11. The maximum Gasteiger partial charge on any atom is 0.250 e. The summed E-state index contributed by atoms with van der Waals surface area (Å²) in [4.78, 5) is 1.09. The second kappa shape index (κ2) is 7.79. The quantitative estimate of drug-likeness (QED) is 0.680. The molecule has 1 aromatic heterocycles. The summed E-state index contributed by atoms with van der Waals surface area (Å²) >= 11 is 3.00. The highest BCUT2D eigenvalue weighted by Crippen LogP contribution is 2.24. The Morgan fingerprint density at radius 2 is 2.05 bits per heavy atom. The minimum absolute atomic E-state index is 0.0990. The molecule has 0 saturated carbocycles. The fourth-order valence-electron chi connectivity index (χ4n) is 1.44. The molecule has 4 nitrogen and oxygen atoms in total. The topological polar surface area (TPSA) is 58.2 Å². The van der Waals surface area contributed by atoms with Gasteiger partial charge in [-0.05, 0) is 51.7 Å². The summed E-state index contributed by atoms with van der Waals surface area (Å²) in [7, 11) is -3.38. The van der Waals surface area contributed by atoms with Gasteiger partial charge in [-0.1, -0.05) is 6.92 Å². The molecule has 0 saturated heterocycles. The van der Waals surface area contributed by atoms with E-state index in [-0.39, 0.29) is 4.75 Å². The molecule has 1 aromatic rings. The van der Waals surface area contributed by atoms with Crippen molar-refractivity contribution in [1.82, 2.24) is 10.0 Å². The summed E-state index contributed by atoms with van der Waals surface area (Å²) in [5.41, 5.74) is 0. The Hall–Kier alpha value is -0.0800. The van der Waals surface area contributed by atoms with Gasteiger partial charge in [0.2, 0.25) is 10.0 Å². The molecular weight excluding hydrogens is 312 g/mol. The lowest BCUT2D eigenvalue weighted by molar-refractivity contribution is 0.573. The molecule has 1 heterocycles. The number of hydrogen-bond donors (Lipinski definition) is 2. The van der Waals surface area contributed by atoms with Crippen LogP contribution in [0.5, 0.6) is 0 Å². The molecule has 0 bridgehead atoms. The average molecular weight is 337 g/mol. The normalized spacial score (nSPS) is 12.8. The van der Waals surface area contributed by atoms with Crippen LogP contribution in [0.3, 0.4) is 0 Å². The minimum atomic E-state index is -3.38. The zero-order chi connectivity index (χ0) is 15.2. The van der Waals surface area contributed by atoms with Crippen LogP contribution in [-0.4, -0.2) is 39.1 Å². The van der Waals surface area contributed by atoms with Crippen molar-refractivity contribution in [2.45, 2.75) is 36.1 Å². The van der Waals surface area contributed by atoms with Crippen molar-refractivity contribution in [2.24, 2.45) is 0 Å². The first-order valence-electron chi connectivity index (χ1n) is 6.65. The fourth-order valence-corrected chi connectivity index (χ4v) is 4.36. The molecule has 20 heavy (non-hydrogen) atoms. The first kappa shape index (κ1) is 18.0. The van der Waals surface area contributed by atoms with Crippen LogP contribution in [-0.2, 0) is 16.4 Å². The molecular formula is C13H24N2O2S3. The molecule has 116 valence electrons. The third-order valence-corrected chi connectivity index (χ3v) is 7.23. The summed E-state index contributed by atoms with van der Waals surface area (Å²) in [5.74, 6) is 0. The van der Waals surface area contributed by atoms with E-state index in [9.17, 15) is 8.42 Å². The van der Waals surface area contributed by atoms with Gasteiger partial charge >= 0.3 is 0 Å². The number of thioether (sulfide) groups is 1. The van der Waals surface area contributed by atoms with E-state index >= 15 is 0 Å². The van der Waals surface area contributed by atoms with E-state index in [1.54, 1.807) is 17.8 Å². The van der Waals surface area contributed by atoms with Gasteiger partial charge < -0.3 is 5.32 Å². The van der Waals surface area contributed by atoms with Gasteiger partial charge in [0.1, 0.15) is 4.21 Å². The highest BCUT2D eigenvalue weighted by molar-refractivity contribution is 8.00. The molecule has 0 fully saturated rings. The number of nitrogens with one attached hydrogen (secondary N) is 2. The van der Waals surface area contributed by atoms with Crippen LogP contribution in [0.2, 0.25) is 0 Å². The van der Waals surface area contributed by atoms with E-state index in [2.05, 4.69) is 17.0 Å². The third-order valence-electron chi connectivity index (χ3n) is 2.94. The maximum atomic E-state index is 12.2. The summed E-state index contributed by atoms with van der Waals surface area (Å²) in [5, 5.41) is 3.24. The Balaban J connectivity index is 2.64. The molecule has 0 atom stereocenters. The van der Waals surface area contributed by atoms with Gasteiger partial charge in [0, 0.05) is 16.2 Å². The van der Waals surface area contributed by atoms with E-state index in [0.29, 0.717) is 10.8 Å². The molecule has 0 aromatic carbocycles. The molecule has 0 aliphatic carbocycles. The molecule has 0 spiro atoms. The van der Waals surface area contributed by atoms with E-state index in [0.717, 1.165) is 24.4 Å². The summed E-state index contributed by atoms with van der Waals surface area (Å²) in [6, 6.07) is 3.59. The first-order chi connectivity index (χ1) is 9.30. The second-order valence-corrected chi connectivity index (χ2v) is 9.79. The van der Waals surface area contributed by atoms with E-state index in [1.807, 2.05) is 26.2 Å². The van der Waals surface area contributed by atoms with Crippen LogP contribution in [0.25, 0.3) is 0 Å². The van der Waals surface area contributed by atoms with E-state index in [1.165, 1.54) is 11.3 Å². The lowest BCUT2D eigenvalue weighted by atomic mass is 10.2. The van der Waals surface area contributed by atoms with Crippen molar-refractivity contribution in [3.05, 3.63) is 17.0 Å². The van der Waals surface area contributed by atoms with Gasteiger partial charge in [-0.3, -0.25) is 0 Å². The molecule has 0 aliphatic rings. The predicted molar refractivity (Wildman–Crippen MR) is 89.3 cm³/mol. The van der Waals surface area contributed by atoms with Crippen molar-refractivity contribution >= 4 is 33.1 Å². The van der Waals surface area contributed by atoms with Gasteiger partial charge in [-0.15, -0.1) is 11.3 Å². The van der Waals surface area contributed by atoms with Crippen molar-refractivity contribution < 1.29 is 8.42 Å². The standard InChI is InChI=1S/C13H24N2O2S3/c1-5-14-9-8-11-6-7-12(19-11)20(16,17)15-10-13(2,3)18-4/h6-7,14-15H,5,8-10H2,1-4H3. The molecule has 7 heteroatoms. The summed E-state index contributed by atoms with van der Waals surface area (Å²) in [6.07, 6.45) is 2.85. The Kier molecular flexibility index (Phi) is 7.00. The van der Waals surface area contributed by atoms with Crippen LogP contribution in [0.15, 0.2) is 16.3 Å². The lowest BCUT2D eigenvalue weighted by Gasteiger charge is -2.21. The van der Waals surface area contributed by atoms with Crippen molar-refractivity contribution in [3.63, 3.8) is 0 Å². The first-order valence-corrected chi connectivity index (χ1v) is 10.2. The van der Waals surface area contributed by atoms with Gasteiger partial charge in [-0.2, -0.15) is 11.8 Å².